The Morgan fingerprint density at radius 2 is 2.18 bits per heavy atom. The standard InChI is InChI=1S/C15H20N4O2S/c1-5-21-11-8-6-7-10(12(11)20)9-16-19-13(15(2,3)4)17-18-14(19)22/h6-9,20H,5H2,1-4H3,(H,18,22)/b16-9+. The quantitative estimate of drug-likeness (QED) is 0.670. The lowest BCUT2D eigenvalue weighted by Crippen LogP contribution is -2.17. The second-order valence-electron chi connectivity index (χ2n) is 5.79. The van der Waals surface area contributed by atoms with E-state index >= 15 is 0 Å². The predicted molar refractivity (Wildman–Crippen MR) is 88.4 cm³/mol. The van der Waals surface area contributed by atoms with Crippen molar-refractivity contribution < 1.29 is 9.84 Å². The summed E-state index contributed by atoms with van der Waals surface area (Å²) < 4.78 is 7.32. The topological polar surface area (TPSA) is 75.4 Å². The van der Waals surface area contributed by atoms with E-state index in [1.165, 1.54) is 0 Å². The summed E-state index contributed by atoms with van der Waals surface area (Å²) in [6.07, 6.45) is 1.54. The molecular weight excluding hydrogens is 300 g/mol. The van der Waals surface area contributed by atoms with Crippen molar-refractivity contribution >= 4 is 18.4 Å². The number of aromatic hydroxyl groups is 1. The molecule has 7 heteroatoms. The van der Waals surface area contributed by atoms with Crippen LogP contribution in [0.5, 0.6) is 11.5 Å². The normalized spacial score (nSPS) is 12.0. The van der Waals surface area contributed by atoms with Crippen molar-refractivity contribution in [2.75, 3.05) is 6.61 Å². The Hall–Kier alpha value is -2.15. The first-order chi connectivity index (χ1) is 10.3. The molecular formula is C15H20N4O2S. The molecule has 2 rings (SSSR count). The molecule has 0 amide bonds. The van der Waals surface area contributed by atoms with Gasteiger partial charge in [0.2, 0.25) is 4.77 Å². The summed E-state index contributed by atoms with van der Waals surface area (Å²) in [5.74, 6) is 1.20. The fourth-order valence-corrected chi connectivity index (χ4v) is 2.10. The third-order valence-corrected chi connectivity index (χ3v) is 3.23. The van der Waals surface area contributed by atoms with E-state index in [0.717, 1.165) is 0 Å². The molecule has 0 aliphatic heterocycles. The van der Waals surface area contributed by atoms with Crippen molar-refractivity contribution in [2.24, 2.45) is 5.10 Å². The van der Waals surface area contributed by atoms with Crippen LogP contribution in [0.1, 0.15) is 39.1 Å². The van der Waals surface area contributed by atoms with Crippen LogP contribution in [0.3, 0.4) is 0 Å². The lowest BCUT2D eigenvalue weighted by Gasteiger charge is -2.15. The zero-order chi connectivity index (χ0) is 16.3. The molecule has 0 atom stereocenters. The second-order valence-corrected chi connectivity index (χ2v) is 6.17. The van der Waals surface area contributed by atoms with Gasteiger partial charge in [0.25, 0.3) is 0 Å². The van der Waals surface area contributed by atoms with Gasteiger partial charge < -0.3 is 9.84 Å². The Morgan fingerprint density at radius 3 is 2.82 bits per heavy atom. The van der Waals surface area contributed by atoms with Crippen LogP contribution in [-0.2, 0) is 5.41 Å². The second kappa shape index (κ2) is 6.31. The Balaban J connectivity index is 2.40. The van der Waals surface area contributed by atoms with E-state index in [9.17, 15) is 5.11 Å². The summed E-state index contributed by atoms with van der Waals surface area (Å²) in [6, 6.07) is 5.26. The van der Waals surface area contributed by atoms with Crippen molar-refractivity contribution in [3.63, 3.8) is 0 Å². The first-order valence-electron chi connectivity index (χ1n) is 7.01. The van der Waals surface area contributed by atoms with Gasteiger partial charge in [0.05, 0.1) is 12.8 Å². The predicted octanol–water partition coefficient (Wildman–Crippen LogP) is 3.22. The molecule has 0 saturated carbocycles. The van der Waals surface area contributed by atoms with Crippen molar-refractivity contribution in [1.29, 1.82) is 0 Å². The van der Waals surface area contributed by atoms with Crippen molar-refractivity contribution in [3.8, 4) is 11.5 Å². The molecule has 0 saturated heterocycles. The van der Waals surface area contributed by atoms with E-state index in [1.54, 1.807) is 29.1 Å². The smallest absolute Gasteiger partial charge is 0.216 e. The first-order valence-corrected chi connectivity index (χ1v) is 7.42. The van der Waals surface area contributed by atoms with Gasteiger partial charge in [-0.3, -0.25) is 5.10 Å². The number of hydrogen-bond donors (Lipinski definition) is 2. The number of hydrogen-bond acceptors (Lipinski definition) is 5. The fraction of sp³-hybridized carbons (Fsp3) is 0.400. The van der Waals surface area contributed by atoms with Crippen LogP contribution in [0.15, 0.2) is 23.3 Å². The number of nitrogens with one attached hydrogen (secondary N) is 1. The molecule has 22 heavy (non-hydrogen) atoms. The minimum Gasteiger partial charge on any atom is -0.504 e. The Bertz CT molecular complexity index is 741. The van der Waals surface area contributed by atoms with Gasteiger partial charge in [-0.15, -0.1) is 0 Å². The van der Waals surface area contributed by atoms with Gasteiger partial charge in [0.15, 0.2) is 17.3 Å². The molecule has 0 spiro atoms. The lowest BCUT2D eigenvalue weighted by atomic mass is 9.96. The highest BCUT2D eigenvalue weighted by molar-refractivity contribution is 7.71. The third kappa shape index (κ3) is 3.36. The molecule has 1 heterocycles. The van der Waals surface area contributed by atoms with Gasteiger partial charge in [0.1, 0.15) is 0 Å². The molecule has 0 radical (unpaired) electrons. The highest BCUT2D eigenvalue weighted by Crippen LogP contribution is 2.28. The van der Waals surface area contributed by atoms with Crippen LogP contribution in [0, 0.1) is 4.77 Å². The molecule has 0 aliphatic rings. The number of aromatic nitrogens is 3. The van der Waals surface area contributed by atoms with E-state index in [1.807, 2.05) is 27.7 Å². The fourth-order valence-electron chi connectivity index (χ4n) is 1.92. The van der Waals surface area contributed by atoms with Gasteiger partial charge in [0, 0.05) is 11.0 Å². The molecule has 0 aliphatic carbocycles. The zero-order valence-corrected chi connectivity index (χ0v) is 13.9. The Kier molecular flexibility index (Phi) is 4.65. The number of aromatic amines is 1. The summed E-state index contributed by atoms with van der Waals surface area (Å²) in [4.78, 5) is 0. The summed E-state index contributed by atoms with van der Waals surface area (Å²) >= 11 is 5.20. The van der Waals surface area contributed by atoms with Gasteiger partial charge in [-0.1, -0.05) is 26.8 Å². The van der Waals surface area contributed by atoms with Crippen LogP contribution in [0.25, 0.3) is 0 Å². The van der Waals surface area contributed by atoms with Gasteiger partial charge in [-0.25, -0.2) is 0 Å². The number of phenolic OH excluding ortho intramolecular Hbond substituents is 1. The summed E-state index contributed by atoms with van der Waals surface area (Å²) in [7, 11) is 0. The van der Waals surface area contributed by atoms with Gasteiger partial charge in [-0.2, -0.15) is 14.9 Å². The summed E-state index contributed by atoms with van der Waals surface area (Å²) in [6.45, 7) is 8.42. The number of rotatable bonds is 4. The molecule has 2 aromatic rings. The summed E-state index contributed by atoms with van der Waals surface area (Å²) in [5.41, 5.74) is 0.342. The van der Waals surface area contributed by atoms with E-state index in [0.29, 0.717) is 28.5 Å². The number of ether oxygens (including phenoxy) is 1. The van der Waals surface area contributed by atoms with Gasteiger partial charge in [-0.05, 0) is 31.3 Å². The molecule has 118 valence electrons. The van der Waals surface area contributed by atoms with Crippen LogP contribution >= 0.6 is 12.2 Å². The minimum absolute atomic E-state index is 0.0559. The molecule has 1 aromatic carbocycles. The monoisotopic (exact) mass is 320 g/mol. The molecule has 0 unspecified atom stereocenters. The van der Waals surface area contributed by atoms with Crippen molar-refractivity contribution in [3.05, 3.63) is 34.4 Å². The number of phenols is 1. The molecule has 1 aromatic heterocycles. The van der Waals surface area contributed by atoms with Crippen LogP contribution in [0.4, 0.5) is 0 Å². The SMILES string of the molecule is CCOc1cccc(/C=N/n2c(C(C)(C)C)n[nH]c2=S)c1O. The molecule has 2 N–H and O–H groups in total. The van der Waals surface area contributed by atoms with E-state index < -0.39 is 0 Å². The van der Waals surface area contributed by atoms with E-state index in [2.05, 4.69) is 15.3 Å². The molecule has 0 fully saturated rings. The minimum atomic E-state index is -0.208. The number of para-hydroxylation sites is 1. The van der Waals surface area contributed by atoms with Crippen molar-refractivity contribution in [1.82, 2.24) is 14.9 Å². The maximum atomic E-state index is 10.2. The van der Waals surface area contributed by atoms with E-state index in [4.69, 9.17) is 17.0 Å². The van der Waals surface area contributed by atoms with Crippen LogP contribution in [0.2, 0.25) is 0 Å². The number of nitrogens with zero attached hydrogens (tertiary/aromatic N) is 3. The van der Waals surface area contributed by atoms with Crippen molar-refractivity contribution in [2.45, 2.75) is 33.1 Å². The third-order valence-electron chi connectivity index (χ3n) is 2.96. The summed E-state index contributed by atoms with van der Waals surface area (Å²) in [5, 5.41) is 21.5. The maximum Gasteiger partial charge on any atom is 0.216 e. The molecule has 6 nitrogen and oxygen atoms in total. The number of H-pyrrole nitrogens is 1. The van der Waals surface area contributed by atoms with Crippen LogP contribution < -0.4 is 4.74 Å². The average molecular weight is 320 g/mol. The zero-order valence-electron chi connectivity index (χ0n) is 13.1. The lowest BCUT2D eigenvalue weighted by molar-refractivity contribution is 0.318. The van der Waals surface area contributed by atoms with E-state index in [-0.39, 0.29) is 11.2 Å². The Labute approximate surface area is 134 Å². The average Bonchev–Trinajstić information content (AvgIpc) is 2.81. The highest BCUT2D eigenvalue weighted by Gasteiger charge is 2.21. The van der Waals surface area contributed by atoms with Crippen LogP contribution in [-0.4, -0.2) is 32.8 Å². The Morgan fingerprint density at radius 1 is 1.45 bits per heavy atom. The highest BCUT2D eigenvalue weighted by atomic mass is 32.1. The maximum absolute atomic E-state index is 10.2. The first kappa shape index (κ1) is 16.2. The number of benzene rings is 1. The van der Waals surface area contributed by atoms with Gasteiger partial charge >= 0.3 is 0 Å². The molecule has 0 bridgehead atoms. The largest absolute Gasteiger partial charge is 0.504 e.